The average Bonchev–Trinajstić information content (AvgIpc) is 2.84. The number of pyridine rings is 1. The van der Waals surface area contributed by atoms with Crippen LogP contribution in [0.15, 0.2) is 41.9 Å². The van der Waals surface area contributed by atoms with Crippen LogP contribution in [0.4, 0.5) is 0 Å². The number of para-hydroxylation sites is 1. The molecule has 3 nitrogen and oxygen atoms in total. The number of nitrogens with zero attached hydrogens (tertiary/aromatic N) is 2. The highest BCUT2D eigenvalue weighted by Gasteiger charge is 2.15. The second kappa shape index (κ2) is 4.48. The SMILES string of the molecule is Cc1nc(C(N)c2cccc3cccnc23)cs1. The molecule has 18 heavy (non-hydrogen) atoms. The molecule has 3 rings (SSSR count). The molecule has 0 amide bonds. The predicted molar refractivity (Wildman–Crippen MR) is 74.6 cm³/mol. The van der Waals surface area contributed by atoms with Crippen molar-refractivity contribution >= 4 is 22.2 Å². The van der Waals surface area contributed by atoms with Crippen LogP contribution in [0.2, 0.25) is 0 Å². The summed E-state index contributed by atoms with van der Waals surface area (Å²) in [4.78, 5) is 8.89. The summed E-state index contributed by atoms with van der Waals surface area (Å²) in [6.45, 7) is 1.99. The van der Waals surface area contributed by atoms with E-state index in [2.05, 4.69) is 9.97 Å². The van der Waals surface area contributed by atoms with E-state index in [9.17, 15) is 0 Å². The minimum atomic E-state index is -0.214. The smallest absolute Gasteiger partial charge is 0.0898 e. The van der Waals surface area contributed by atoms with Gasteiger partial charge in [-0.15, -0.1) is 11.3 Å². The van der Waals surface area contributed by atoms with Crippen molar-refractivity contribution < 1.29 is 0 Å². The lowest BCUT2D eigenvalue weighted by atomic mass is 10.0. The number of fused-ring (bicyclic) bond motifs is 1. The first-order valence-corrected chi connectivity index (χ1v) is 6.65. The lowest BCUT2D eigenvalue weighted by Crippen LogP contribution is -2.13. The quantitative estimate of drug-likeness (QED) is 0.765. The Hall–Kier alpha value is -1.78. The van der Waals surface area contributed by atoms with Crippen LogP contribution in [0.3, 0.4) is 0 Å². The molecule has 0 saturated carbocycles. The molecule has 2 N–H and O–H groups in total. The van der Waals surface area contributed by atoms with Gasteiger partial charge in [-0.05, 0) is 13.0 Å². The Kier molecular flexibility index (Phi) is 2.81. The van der Waals surface area contributed by atoms with Crippen LogP contribution in [0.25, 0.3) is 10.9 Å². The lowest BCUT2D eigenvalue weighted by Gasteiger charge is -2.11. The summed E-state index contributed by atoms with van der Waals surface area (Å²) in [5, 5.41) is 4.16. The Morgan fingerprint density at radius 2 is 2.06 bits per heavy atom. The summed E-state index contributed by atoms with van der Waals surface area (Å²) >= 11 is 1.62. The van der Waals surface area contributed by atoms with Crippen LogP contribution in [0.1, 0.15) is 22.3 Å². The third-order valence-electron chi connectivity index (χ3n) is 2.95. The number of nitrogens with two attached hydrogens (primary N) is 1. The third-order valence-corrected chi connectivity index (χ3v) is 3.75. The fourth-order valence-corrected chi connectivity index (χ4v) is 2.71. The van der Waals surface area contributed by atoms with Crippen molar-refractivity contribution in [2.45, 2.75) is 13.0 Å². The summed E-state index contributed by atoms with van der Waals surface area (Å²) in [6, 6.07) is 9.85. The molecule has 0 bridgehead atoms. The van der Waals surface area contributed by atoms with Crippen molar-refractivity contribution in [3.05, 3.63) is 58.2 Å². The summed E-state index contributed by atoms with van der Waals surface area (Å²) < 4.78 is 0. The fourth-order valence-electron chi connectivity index (χ4n) is 2.06. The first kappa shape index (κ1) is 11.3. The molecule has 1 unspecified atom stereocenters. The Morgan fingerprint density at radius 3 is 2.83 bits per heavy atom. The molecule has 2 heterocycles. The van der Waals surface area contributed by atoms with Gasteiger partial charge in [-0.2, -0.15) is 0 Å². The summed E-state index contributed by atoms with van der Waals surface area (Å²) in [6.07, 6.45) is 1.80. The van der Waals surface area contributed by atoms with Crippen LogP contribution in [0, 0.1) is 6.92 Å². The Bertz CT molecular complexity index is 685. The molecule has 0 saturated heterocycles. The Morgan fingerprint density at radius 1 is 1.22 bits per heavy atom. The largest absolute Gasteiger partial charge is 0.319 e. The van der Waals surface area contributed by atoms with Gasteiger partial charge < -0.3 is 5.73 Å². The van der Waals surface area contributed by atoms with E-state index in [1.807, 2.05) is 42.6 Å². The zero-order valence-electron chi connectivity index (χ0n) is 10.00. The summed E-state index contributed by atoms with van der Waals surface area (Å²) in [5.41, 5.74) is 9.20. The number of aromatic nitrogens is 2. The zero-order chi connectivity index (χ0) is 12.5. The first-order chi connectivity index (χ1) is 8.75. The summed E-state index contributed by atoms with van der Waals surface area (Å²) in [7, 11) is 0. The van der Waals surface area contributed by atoms with Crippen molar-refractivity contribution in [3.8, 4) is 0 Å². The van der Waals surface area contributed by atoms with Crippen LogP contribution < -0.4 is 5.73 Å². The molecule has 0 radical (unpaired) electrons. The van der Waals surface area contributed by atoms with E-state index in [1.165, 1.54) is 0 Å². The molecule has 0 fully saturated rings. The monoisotopic (exact) mass is 255 g/mol. The van der Waals surface area contributed by atoms with Crippen molar-refractivity contribution in [2.24, 2.45) is 5.73 Å². The van der Waals surface area contributed by atoms with Gasteiger partial charge in [-0.25, -0.2) is 4.98 Å². The second-order valence-corrected chi connectivity index (χ2v) is 5.25. The van der Waals surface area contributed by atoms with Crippen molar-refractivity contribution in [2.75, 3.05) is 0 Å². The van der Waals surface area contributed by atoms with E-state index in [-0.39, 0.29) is 6.04 Å². The van der Waals surface area contributed by atoms with Gasteiger partial charge in [0, 0.05) is 22.5 Å². The van der Waals surface area contributed by atoms with Crippen LogP contribution >= 0.6 is 11.3 Å². The van der Waals surface area contributed by atoms with Gasteiger partial charge in [-0.1, -0.05) is 24.3 Å². The molecule has 2 aromatic heterocycles. The summed E-state index contributed by atoms with van der Waals surface area (Å²) in [5.74, 6) is 0. The van der Waals surface area contributed by atoms with E-state index in [0.29, 0.717) is 0 Å². The topological polar surface area (TPSA) is 51.8 Å². The number of hydrogen-bond acceptors (Lipinski definition) is 4. The number of benzene rings is 1. The molecule has 0 spiro atoms. The third kappa shape index (κ3) is 1.89. The minimum Gasteiger partial charge on any atom is -0.319 e. The van der Waals surface area contributed by atoms with Crippen LogP contribution in [0.5, 0.6) is 0 Å². The molecular formula is C14H13N3S. The van der Waals surface area contributed by atoms with Crippen molar-refractivity contribution in [3.63, 3.8) is 0 Å². The lowest BCUT2D eigenvalue weighted by molar-refractivity contribution is 0.839. The second-order valence-electron chi connectivity index (χ2n) is 4.19. The fraction of sp³-hybridized carbons (Fsp3) is 0.143. The van der Waals surface area contributed by atoms with Crippen LogP contribution in [-0.2, 0) is 0 Å². The average molecular weight is 255 g/mol. The minimum absolute atomic E-state index is 0.214. The maximum atomic E-state index is 6.30. The zero-order valence-corrected chi connectivity index (χ0v) is 10.8. The van der Waals surface area contributed by atoms with E-state index in [4.69, 9.17) is 5.73 Å². The maximum absolute atomic E-state index is 6.30. The van der Waals surface area contributed by atoms with Gasteiger partial charge in [0.1, 0.15) is 0 Å². The Labute approximate surface area is 109 Å². The molecule has 0 aliphatic heterocycles. The van der Waals surface area contributed by atoms with Crippen molar-refractivity contribution in [1.29, 1.82) is 0 Å². The molecule has 0 aliphatic carbocycles. The van der Waals surface area contributed by atoms with Crippen LogP contribution in [-0.4, -0.2) is 9.97 Å². The molecule has 90 valence electrons. The number of thiazole rings is 1. The predicted octanol–water partition coefficient (Wildman–Crippen LogP) is 3.05. The van der Waals surface area contributed by atoms with Gasteiger partial charge in [-0.3, -0.25) is 4.98 Å². The standard InChI is InChI=1S/C14H13N3S/c1-9-17-12(8-18-9)13(15)11-6-2-4-10-5-3-7-16-14(10)11/h2-8,13H,15H2,1H3. The van der Waals surface area contributed by atoms with E-state index < -0.39 is 0 Å². The molecule has 1 aromatic carbocycles. The van der Waals surface area contributed by atoms with E-state index in [0.717, 1.165) is 27.2 Å². The van der Waals surface area contributed by atoms with Crippen molar-refractivity contribution in [1.82, 2.24) is 9.97 Å². The molecule has 1 atom stereocenters. The van der Waals surface area contributed by atoms with Gasteiger partial charge in [0.25, 0.3) is 0 Å². The van der Waals surface area contributed by atoms with Gasteiger partial charge in [0.05, 0.1) is 22.3 Å². The van der Waals surface area contributed by atoms with Gasteiger partial charge >= 0.3 is 0 Å². The molecule has 3 aromatic rings. The molecule has 0 aliphatic rings. The molecular weight excluding hydrogens is 242 g/mol. The normalized spacial score (nSPS) is 12.8. The maximum Gasteiger partial charge on any atom is 0.0898 e. The highest BCUT2D eigenvalue weighted by molar-refractivity contribution is 7.09. The van der Waals surface area contributed by atoms with E-state index >= 15 is 0 Å². The highest BCUT2D eigenvalue weighted by Crippen LogP contribution is 2.26. The first-order valence-electron chi connectivity index (χ1n) is 5.77. The number of aryl methyl sites for hydroxylation is 1. The molecule has 4 heteroatoms. The van der Waals surface area contributed by atoms with Gasteiger partial charge in [0.2, 0.25) is 0 Å². The number of rotatable bonds is 2. The highest BCUT2D eigenvalue weighted by atomic mass is 32.1. The van der Waals surface area contributed by atoms with E-state index in [1.54, 1.807) is 17.5 Å². The Balaban J connectivity index is 2.14. The van der Waals surface area contributed by atoms with Gasteiger partial charge in [0.15, 0.2) is 0 Å². The number of hydrogen-bond donors (Lipinski definition) is 1.